The van der Waals surface area contributed by atoms with Crippen LogP contribution in [-0.4, -0.2) is 74.6 Å². The van der Waals surface area contributed by atoms with Gasteiger partial charge >= 0.3 is 6.03 Å². The molecular weight excluding hydrogens is 353 g/mol. The number of hydrogen-bond donors (Lipinski definition) is 1. The number of nitrogens with one attached hydrogen (secondary N) is 1. The lowest BCUT2D eigenvalue weighted by Crippen LogP contribution is -2.60. The molecule has 1 aromatic rings. The summed E-state index contributed by atoms with van der Waals surface area (Å²) in [5.74, 6) is 0.366. The molecule has 2 saturated heterocycles. The standard InChI is InChI=1S/C19H26FN3O4/c1-22-6-7-26-17-3-5-23(10-16(17)22)19(24)21-4-2-13-8-15(20)9-14-11-25-12-27-18(13)14/h8-9,16-17H,2-7,10-12H2,1H3,(H,21,24)/t16-,17+/m1/s1. The number of urea groups is 1. The number of carbonyl (C=O) groups excluding carboxylic acids is 1. The predicted octanol–water partition coefficient (Wildman–Crippen LogP) is 1.35. The predicted molar refractivity (Wildman–Crippen MR) is 96.1 cm³/mol. The third-order valence-electron chi connectivity index (χ3n) is 5.57. The van der Waals surface area contributed by atoms with Crippen molar-refractivity contribution in [3.63, 3.8) is 0 Å². The number of piperidine rings is 1. The number of ether oxygens (including phenoxy) is 3. The van der Waals surface area contributed by atoms with Crippen LogP contribution in [0.3, 0.4) is 0 Å². The van der Waals surface area contributed by atoms with Crippen LogP contribution in [0.2, 0.25) is 0 Å². The Morgan fingerprint density at radius 2 is 2.26 bits per heavy atom. The summed E-state index contributed by atoms with van der Waals surface area (Å²) < 4.78 is 30.4. The highest BCUT2D eigenvalue weighted by atomic mass is 19.1. The molecule has 4 rings (SSSR count). The fraction of sp³-hybridized carbons (Fsp3) is 0.632. The van der Waals surface area contributed by atoms with Crippen molar-refractivity contribution in [2.45, 2.75) is 31.6 Å². The van der Waals surface area contributed by atoms with E-state index in [0.29, 0.717) is 44.0 Å². The minimum absolute atomic E-state index is 0.0815. The summed E-state index contributed by atoms with van der Waals surface area (Å²) >= 11 is 0. The summed E-state index contributed by atoms with van der Waals surface area (Å²) in [6.45, 7) is 3.96. The number of hydrogen-bond acceptors (Lipinski definition) is 5. The van der Waals surface area contributed by atoms with E-state index < -0.39 is 0 Å². The third-order valence-corrected chi connectivity index (χ3v) is 5.57. The lowest BCUT2D eigenvalue weighted by atomic mass is 9.99. The zero-order valence-electron chi connectivity index (χ0n) is 15.6. The Labute approximate surface area is 158 Å². The summed E-state index contributed by atoms with van der Waals surface area (Å²) in [5.41, 5.74) is 1.47. The first-order valence-electron chi connectivity index (χ1n) is 9.48. The second-order valence-electron chi connectivity index (χ2n) is 7.34. The summed E-state index contributed by atoms with van der Waals surface area (Å²) in [5, 5.41) is 2.96. The number of halogens is 1. The minimum Gasteiger partial charge on any atom is -0.467 e. The zero-order valence-corrected chi connectivity index (χ0v) is 15.6. The molecule has 2 fully saturated rings. The number of benzene rings is 1. The molecule has 2 atom stereocenters. The molecule has 0 saturated carbocycles. The normalized spacial score (nSPS) is 25.3. The molecule has 2 amide bonds. The molecule has 1 N–H and O–H groups in total. The molecule has 0 aliphatic carbocycles. The van der Waals surface area contributed by atoms with Gasteiger partial charge in [-0.1, -0.05) is 0 Å². The molecule has 1 aromatic carbocycles. The quantitative estimate of drug-likeness (QED) is 0.859. The monoisotopic (exact) mass is 379 g/mol. The maximum absolute atomic E-state index is 13.8. The first kappa shape index (κ1) is 18.5. The third kappa shape index (κ3) is 4.02. The van der Waals surface area contributed by atoms with Crippen LogP contribution in [0.1, 0.15) is 17.5 Å². The molecule has 3 aliphatic rings. The second-order valence-corrected chi connectivity index (χ2v) is 7.34. The van der Waals surface area contributed by atoms with Crippen molar-refractivity contribution in [3.8, 4) is 5.75 Å². The lowest BCUT2D eigenvalue weighted by molar-refractivity contribution is -0.0881. The molecule has 0 unspecified atom stereocenters. The average Bonchev–Trinajstić information content (AvgIpc) is 2.68. The average molecular weight is 379 g/mol. The summed E-state index contributed by atoms with van der Waals surface area (Å²) in [6.07, 6.45) is 1.58. The van der Waals surface area contributed by atoms with E-state index in [1.54, 1.807) is 0 Å². The molecule has 8 heteroatoms. The van der Waals surface area contributed by atoms with Gasteiger partial charge in [-0.3, -0.25) is 4.90 Å². The summed E-state index contributed by atoms with van der Waals surface area (Å²) in [6, 6.07) is 3.07. The number of likely N-dealkylation sites (N-methyl/N-ethyl adjacent to an activating group) is 1. The molecule has 3 heterocycles. The van der Waals surface area contributed by atoms with Crippen molar-refractivity contribution in [2.75, 3.05) is 46.6 Å². The molecule has 0 radical (unpaired) electrons. The van der Waals surface area contributed by atoms with Crippen molar-refractivity contribution in [1.82, 2.24) is 15.1 Å². The highest BCUT2D eigenvalue weighted by molar-refractivity contribution is 5.74. The van der Waals surface area contributed by atoms with Crippen LogP contribution in [0, 0.1) is 5.82 Å². The van der Waals surface area contributed by atoms with E-state index in [9.17, 15) is 9.18 Å². The summed E-state index contributed by atoms with van der Waals surface area (Å²) in [4.78, 5) is 16.7. The van der Waals surface area contributed by atoms with E-state index in [1.165, 1.54) is 12.1 Å². The fourth-order valence-corrected chi connectivity index (χ4v) is 4.08. The molecule has 3 aliphatic heterocycles. The maximum atomic E-state index is 13.8. The number of nitrogens with zero attached hydrogens (tertiary/aromatic N) is 2. The smallest absolute Gasteiger partial charge is 0.317 e. The van der Waals surface area contributed by atoms with Crippen LogP contribution in [-0.2, 0) is 22.5 Å². The van der Waals surface area contributed by atoms with E-state index in [-0.39, 0.29) is 30.8 Å². The number of carbonyl (C=O) groups is 1. The van der Waals surface area contributed by atoms with Gasteiger partial charge < -0.3 is 24.4 Å². The van der Waals surface area contributed by atoms with Crippen LogP contribution in [0.4, 0.5) is 9.18 Å². The Morgan fingerprint density at radius 1 is 1.37 bits per heavy atom. The van der Waals surface area contributed by atoms with Crippen molar-refractivity contribution >= 4 is 6.03 Å². The number of rotatable bonds is 3. The number of morpholine rings is 1. The first-order valence-corrected chi connectivity index (χ1v) is 9.48. The Kier molecular flexibility index (Phi) is 5.47. The topological polar surface area (TPSA) is 63.3 Å². The van der Waals surface area contributed by atoms with Gasteiger partial charge in [-0.2, -0.15) is 0 Å². The van der Waals surface area contributed by atoms with Gasteiger partial charge in [0.2, 0.25) is 0 Å². The van der Waals surface area contributed by atoms with Gasteiger partial charge in [-0.05, 0) is 37.6 Å². The van der Waals surface area contributed by atoms with Crippen molar-refractivity contribution in [2.24, 2.45) is 0 Å². The summed E-state index contributed by atoms with van der Waals surface area (Å²) in [7, 11) is 2.08. The molecule has 148 valence electrons. The van der Waals surface area contributed by atoms with Crippen LogP contribution in [0.15, 0.2) is 12.1 Å². The zero-order chi connectivity index (χ0) is 18.8. The highest BCUT2D eigenvalue weighted by Crippen LogP contribution is 2.29. The fourth-order valence-electron chi connectivity index (χ4n) is 4.08. The molecule has 27 heavy (non-hydrogen) atoms. The molecule has 0 bridgehead atoms. The largest absolute Gasteiger partial charge is 0.467 e. The van der Waals surface area contributed by atoms with Crippen molar-refractivity contribution in [1.29, 1.82) is 0 Å². The Balaban J connectivity index is 1.32. The van der Waals surface area contributed by atoms with Crippen LogP contribution >= 0.6 is 0 Å². The highest BCUT2D eigenvalue weighted by Gasteiger charge is 2.36. The SMILES string of the molecule is CN1CCO[C@H]2CCN(C(=O)NCCc3cc(F)cc4c3OCOC4)C[C@H]21. The van der Waals surface area contributed by atoms with Gasteiger partial charge in [0.15, 0.2) is 6.79 Å². The first-order chi connectivity index (χ1) is 13.1. The van der Waals surface area contributed by atoms with Gasteiger partial charge in [0.05, 0.1) is 25.4 Å². The Hall–Kier alpha value is -1.90. The van der Waals surface area contributed by atoms with Crippen molar-refractivity contribution in [3.05, 3.63) is 29.1 Å². The van der Waals surface area contributed by atoms with Gasteiger partial charge in [0.1, 0.15) is 11.6 Å². The Bertz CT molecular complexity index is 702. The van der Waals surface area contributed by atoms with Crippen LogP contribution in [0.25, 0.3) is 0 Å². The Morgan fingerprint density at radius 3 is 3.15 bits per heavy atom. The van der Waals surface area contributed by atoms with E-state index in [1.807, 2.05) is 4.90 Å². The maximum Gasteiger partial charge on any atom is 0.317 e. The van der Waals surface area contributed by atoms with Gasteiger partial charge in [-0.25, -0.2) is 9.18 Å². The van der Waals surface area contributed by atoms with Crippen LogP contribution < -0.4 is 10.1 Å². The van der Waals surface area contributed by atoms with Gasteiger partial charge in [0.25, 0.3) is 0 Å². The van der Waals surface area contributed by atoms with E-state index in [0.717, 1.165) is 25.1 Å². The molecule has 0 aromatic heterocycles. The van der Waals surface area contributed by atoms with E-state index >= 15 is 0 Å². The number of fused-ring (bicyclic) bond motifs is 2. The minimum atomic E-state index is -0.313. The molecule has 0 spiro atoms. The van der Waals surface area contributed by atoms with E-state index in [4.69, 9.17) is 14.2 Å². The number of likely N-dealkylation sites (tertiary alicyclic amines) is 1. The van der Waals surface area contributed by atoms with Crippen LogP contribution in [0.5, 0.6) is 5.75 Å². The van der Waals surface area contributed by atoms with Crippen molar-refractivity contribution < 1.29 is 23.4 Å². The molecular formula is C19H26FN3O4. The lowest BCUT2D eigenvalue weighted by Gasteiger charge is -2.45. The van der Waals surface area contributed by atoms with Gasteiger partial charge in [-0.15, -0.1) is 0 Å². The van der Waals surface area contributed by atoms with Gasteiger partial charge in [0, 0.05) is 31.7 Å². The van der Waals surface area contributed by atoms with E-state index in [2.05, 4.69) is 17.3 Å². The number of amides is 2. The second kappa shape index (κ2) is 8.00. The molecule has 7 nitrogen and oxygen atoms in total.